The lowest BCUT2D eigenvalue weighted by molar-refractivity contribution is 0.601. The van der Waals surface area contributed by atoms with Crippen LogP contribution in [0.15, 0.2) is 16.2 Å². The summed E-state index contributed by atoms with van der Waals surface area (Å²) in [6.07, 6.45) is 7.14. The summed E-state index contributed by atoms with van der Waals surface area (Å²) < 4.78 is 15.1. The van der Waals surface area contributed by atoms with Crippen LogP contribution in [0.1, 0.15) is 57.4 Å². The van der Waals surface area contributed by atoms with Crippen molar-refractivity contribution < 1.29 is 4.39 Å². The fourth-order valence-corrected chi connectivity index (χ4v) is 3.89. The predicted octanol–water partition coefficient (Wildman–Crippen LogP) is 6.07. The second-order valence-electron chi connectivity index (χ2n) is 7.01. The van der Waals surface area contributed by atoms with E-state index < -0.39 is 5.82 Å². The normalized spacial score (nSPS) is 18.4. The summed E-state index contributed by atoms with van der Waals surface area (Å²) >= 11 is 12.8. The lowest BCUT2D eigenvalue weighted by Crippen LogP contribution is -2.23. The van der Waals surface area contributed by atoms with Crippen LogP contribution in [-0.4, -0.2) is 32.9 Å². The Hall–Kier alpha value is -1.30. The maximum atomic E-state index is 15.1. The van der Waals surface area contributed by atoms with Gasteiger partial charge in [0.1, 0.15) is 16.7 Å². The highest BCUT2D eigenvalue weighted by Crippen LogP contribution is 2.42. The summed E-state index contributed by atoms with van der Waals surface area (Å²) in [5, 5.41) is 10.7. The molecular weight excluding hydrogens is 398 g/mol. The van der Waals surface area contributed by atoms with Gasteiger partial charge in [0.05, 0.1) is 10.7 Å². The quantitative estimate of drug-likeness (QED) is 0.267. The van der Waals surface area contributed by atoms with Crippen LogP contribution in [0.3, 0.4) is 0 Å². The van der Waals surface area contributed by atoms with Crippen LogP contribution in [0, 0.1) is 5.82 Å². The molecule has 1 aromatic rings. The molecule has 1 aromatic carbocycles. The second kappa shape index (κ2) is 12.3. The summed E-state index contributed by atoms with van der Waals surface area (Å²) in [6.45, 7) is 8.94. The third kappa shape index (κ3) is 6.36. The minimum absolute atomic E-state index is 0.245. The fraction of sp³-hybridized carbons (Fsp3) is 0.571. The Morgan fingerprint density at radius 2 is 1.96 bits per heavy atom. The molecule has 0 radical (unpaired) electrons. The predicted molar refractivity (Wildman–Crippen MR) is 121 cm³/mol. The van der Waals surface area contributed by atoms with Crippen molar-refractivity contribution in [3.05, 3.63) is 27.6 Å². The van der Waals surface area contributed by atoms with Gasteiger partial charge < -0.3 is 16.0 Å². The molecule has 156 valence electrons. The Morgan fingerprint density at radius 1 is 1.18 bits per heavy atom. The van der Waals surface area contributed by atoms with E-state index in [1.807, 2.05) is 0 Å². The van der Waals surface area contributed by atoms with Crippen LogP contribution >= 0.6 is 23.2 Å². The smallest absolute Gasteiger partial charge is 0.134 e. The highest BCUT2D eigenvalue weighted by atomic mass is 35.5. The lowest BCUT2D eigenvalue weighted by Gasteiger charge is -2.21. The zero-order chi connectivity index (χ0) is 20.4. The zero-order valence-electron chi connectivity index (χ0n) is 16.6. The van der Waals surface area contributed by atoms with E-state index in [1.165, 1.54) is 12.5 Å². The molecule has 2 rings (SSSR count). The molecule has 1 heterocycles. The van der Waals surface area contributed by atoms with Gasteiger partial charge in [-0.15, -0.1) is 0 Å². The molecule has 0 spiro atoms. The van der Waals surface area contributed by atoms with Crippen molar-refractivity contribution in [1.29, 1.82) is 0 Å². The van der Waals surface area contributed by atoms with Crippen molar-refractivity contribution >= 4 is 46.9 Å². The van der Waals surface area contributed by atoms with Gasteiger partial charge in [-0.1, -0.05) is 49.4 Å². The summed E-state index contributed by atoms with van der Waals surface area (Å²) in [4.78, 5) is 4.07. The molecule has 0 aromatic heterocycles. The molecular formula is C21H31Cl2FN4. The van der Waals surface area contributed by atoms with Gasteiger partial charge in [0, 0.05) is 24.2 Å². The van der Waals surface area contributed by atoms with Gasteiger partial charge in [-0.2, -0.15) is 0 Å². The molecule has 28 heavy (non-hydrogen) atoms. The van der Waals surface area contributed by atoms with E-state index in [-0.39, 0.29) is 5.02 Å². The SMILES string of the molecule is C=Nc1c(Cl)cc(F)c(/C2=C(\Cl)NCCCCNCC2)c1NCCCCCC. The van der Waals surface area contributed by atoms with Crippen molar-refractivity contribution in [2.75, 3.05) is 31.5 Å². The van der Waals surface area contributed by atoms with Crippen molar-refractivity contribution in [3.63, 3.8) is 0 Å². The van der Waals surface area contributed by atoms with Gasteiger partial charge >= 0.3 is 0 Å². The van der Waals surface area contributed by atoms with E-state index in [1.54, 1.807) is 0 Å². The monoisotopic (exact) mass is 428 g/mol. The molecule has 7 heteroatoms. The molecule has 0 unspecified atom stereocenters. The molecule has 0 bridgehead atoms. The Balaban J connectivity index is 2.42. The largest absolute Gasteiger partial charge is 0.383 e. The number of anilines is 1. The Labute approximate surface area is 178 Å². The van der Waals surface area contributed by atoms with E-state index >= 15 is 4.39 Å². The van der Waals surface area contributed by atoms with Crippen LogP contribution in [0.25, 0.3) is 5.57 Å². The minimum Gasteiger partial charge on any atom is -0.383 e. The first-order valence-electron chi connectivity index (χ1n) is 10.2. The number of hydrogen-bond acceptors (Lipinski definition) is 4. The Bertz CT molecular complexity index is 691. The van der Waals surface area contributed by atoms with Crippen LogP contribution in [0.5, 0.6) is 0 Å². The van der Waals surface area contributed by atoms with Crippen LogP contribution in [0.2, 0.25) is 5.02 Å². The summed E-state index contributed by atoms with van der Waals surface area (Å²) in [5.74, 6) is -0.402. The first-order chi connectivity index (χ1) is 13.6. The molecule has 0 fully saturated rings. The highest BCUT2D eigenvalue weighted by molar-refractivity contribution is 6.34. The molecule has 0 saturated heterocycles. The topological polar surface area (TPSA) is 48.5 Å². The second-order valence-corrected chi connectivity index (χ2v) is 7.80. The molecule has 0 saturated carbocycles. The van der Waals surface area contributed by atoms with Gasteiger partial charge in [0.15, 0.2) is 0 Å². The molecule has 4 nitrogen and oxygen atoms in total. The summed E-state index contributed by atoms with van der Waals surface area (Å²) in [5.41, 5.74) is 2.20. The molecule has 1 aliphatic rings. The number of halogens is 3. The number of hydrogen-bond donors (Lipinski definition) is 3. The lowest BCUT2D eigenvalue weighted by atomic mass is 9.98. The summed E-state index contributed by atoms with van der Waals surface area (Å²) in [7, 11) is 0. The van der Waals surface area contributed by atoms with Crippen molar-refractivity contribution in [3.8, 4) is 0 Å². The van der Waals surface area contributed by atoms with Crippen molar-refractivity contribution in [2.24, 2.45) is 4.99 Å². The van der Waals surface area contributed by atoms with E-state index in [2.05, 4.69) is 34.6 Å². The van der Waals surface area contributed by atoms with Crippen LogP contribution in [0.4, 0.5) is 15.8 Å². The Morgan fingerprint density at radius 3 is 2.71 bits per heavy atom. The van der Waals surface area contributed by atoms with E-state index in [4.69, 9.17) is 23.2 Å². The zero-order valence-corrected chi connectivity index (χ0v) is 18.2. The Kier molecular flexibility index (Phi) is 10.1. The number of unbranched alkanes of at least 4 members (excludes halogenated alkanes) is 3. The number of aliphatic imine (C=N–C) groups is 1. The third-order valence-corrected chi connectivity index (χ3v) is 5.52. The molecule has 0 aliphatic carbocycles. The standard InChI is InChI=1S/C21H31Cl2FN4/c1-3-4-5-6-11-27-20-18(17(24)14-16(22)19(20)25-2)15-9-13-26-10-7-8-12-28-21(15)23/h14,26-28H,2-13H2,1H3/b21-15+. The number of nitrogens with zero attached hydrogens (tertiary/aromatic N) is 1. The van der Waals surface area contributed by atoms with Gasteiger partial charge in [-0.05, 0) is 51.6 Å². The van der Waals surface area contributed by atoms with E-state index in [0.29, 0.717) is 35.1 Å². The molecule has 3 N–H and O–H groups in total. The van der Waals surface area contributed by atoms with Crippen LogP contribution in [-0.2, 0) is 0 Å². The average molecular weight is 429 g/mol. The van der Waals surface area contributed by atoms with Gasteiger partial charge in [0.25, 0.3) is 0 Å². The maximum Gasteiger partial charge on any atom is 0.134 e. The maximum absolute atomic E-state index is 15.1. The first-order valence-corrected chi connectivity index (χ1v) is 10.9. The van der Waals surface area contributed by atoms with Crippen LogP contribution < -0.4 is 16.0 Å². The minimum atomic E-state index is -0.402. The van der Waals surface area contributed by atoms with Gasteiger partial charge in [-0.3, -0.25) is 4.99 Å². The summed E-state index contributed by atoms with van der Waals surface area (Å²) in [6, 6.07) is 1.30. The molecule has 0 atom stereocenters. The van der Waals surface area contributed by atoms with E-state index in [9.17, 15) is 0 Å². The molecule has 0 amide bonds. The van der Waals surface area contributed by atoms with Gasteiger partial charge in [0.2, 0.25) is 0 Å². The third-order valence-electron chi connectivity index (χ3n) is 4.87. The van der Waals surface area contributed by atoms with Crippen molar-refractivity contribution in [2.45, 2.75) is 51.9 Å². The fourth-order valence-electron chi connectivity index (χ4n) is 3.36. The van der Waals surface area contributed by atoms with Crippen molar-refractivity contribution in [1.82, 2.24) is 10.6 Å². The molecule has 1 aliphatic heterocycles. The van der Waals surface area contributed by atoms with Gasteiger partial charge in [-0.25, -0.2) is 4.39 Å². The number of benzene rings is 1. The number of nitrogens with one attached hydrogen (secondary N) is 3. The van der Waals surface area contributed by atoms with E-state index in [0.717, 1.165) is 57.3 Å². The average Bonchev–Trinajstić information content (AvgIpc) is 2.67. The highest BCUT2D eigenvalue weighted by Gasteiger charge is 2.22. The number of rotatable bonds is 8. The first kappa shape index (κ1) is 23.0.